The van der Waals surface area contributed by atoms with Crippen LogP contribution >= 0.6 is 0 Å². The SMILES string of the molecule is NCC1CCCN2CCCCC[C@H]12. The van der Waals surface area contributed by atoms with Gasteiger partial charge in [0.1, 0.15) is 0 Å². The maximum absolute atomic E-state index is 5.83. The molecule has 76 valence electrons. The first-order valence-electron chi connectivity index (χ1n) is 5.86. The summed E-state index contributed by atoms with van der Waals surface area (Å²) >= 11 is 0. The van der Waals surface area contributed by atoms with Gasteiger partial charge in [-0.25, -0.2) is 0 Å². The van der Waals surface area contributed by atoms with Crippen molar-refractivity contribution in [3.05, 3.63) is 0 Å². The van der Waals surface area contributed by atoms with Crippen molar-refractivity contribution in [1.29, 1.82) is 0 Å². The molecule has 0 radical (unpaired) electrons. The molecule has 0 aromatic carbocycles. The fourth-order valence-corrected chi connectivity index (χ4v) is 3.03. The van der Waals surface area contributed by atoms with E-state index < -0.39 is 0 Å². The van der Waals surface area contributed by atoms with E-state index in [-0.39, 0.29) is 0 Å². The van der Waals surface area contributed by atoms with E-state index in [4.69, 9.17) is 5.73 Å². The Morgan fingerprint density at radius 2 is 1.85 bits per heavy atom. The largest absolute Gasteiger partial charge is 0.330 e. The van der Waals surface area contributed by atoms with Crippen LogP contribution in [0.15, 0.2) is 0 Å². The van der Waals surface area contributed by atoms with Crippen molar-refractivity contribution in [2.75, 3.05) is 19.6 Å². The quantitative estimate of drug-likeness (QED) is 0.667. The average molecular weight is 182 g/mol. The second-order valence-corrected chi connectivity index (χ2v) is 4.59. The van der Waals surface area contributed by atoms with Gasteiger partial charge in [0.25, 0.3) is 0 Å². The first kappa shape index (κ1) is 9.47. The Labute approximate surface area is 81.5 Å². The number of nitrogens with two attached hydrogens (primary N) is 1. The third kappa shape index (κ3) is 2.05. The van der Waals surface area contributed by atoms with Crippen molar-refractivity contribution >= 4 is 0 Å². The predicted molar refractivity (Wildman–Crippen MR) is 55.6 cm³/mol. The van der Waals surface area contributed by atoms with Crippen molar-refractivity contribution in [2.24, 2.45) is 11.7 Å². The molecule has 0 aromatic rings. The Hall–Kier alpha value is -0.0800. The van der Waals surface area contributed by atoms with Gasteiger partial charge in [0, 0.05) is 6.04 Å². The highest BCUT2D eigenvalue weighted by Crippen LogP contribution is 2.29. The van der Waals surface area contributed by atoms with Crippen LogP contribution in [0.4, 0.5) is 0 Å². The van der Waals surface area contributed by atoms with E-state index in [1.807, 2.05) is 0 Å². The smallest absolute Gasteiger partial charge is 0.0136 e. The summed E-state index contributed by atoms with van der Waals surface area (Å²) in [5, 5.41) is 0. The molecular weight excluding hydrogens is 160 g/mol. The Balaban J connectivity index is 2.00. The van der Waals surface area contributed by atoms with Crippen LogP contribution in [0.2, 0.25) is 0 Å². The average Bonchev–Trinajstić information content (AvgIpc) is 2.41. The summed E-state index contributed by atoms with van der Waals surface area (Å²) in [5.41, 5.74) is 5.83. The monoisotopic (exact) mass is 182 g/mol. The van der Waals surface area contributed by atoms with Gasteiger partial charge in [-0.05, 0) is 51.2 Å². The highest BCUT2D eigenvalue weighted by molar-refractivity contribution is 4.86. The van der Waals surface area contributed by atoms with Gasteiger partial charge in [-0.15, -0.1) is 0 Å². The van der Waals surface area contributed by atoms with Crippen LogP contribution in [0.25, 0.3) is 0 Å². The van der Waals surface area contributed by atoms with Crippen LogP contribution in [0, 0.1) is 5.92 Å². The summed E-state index contributed by atoms with van der Waals surface area (Å²) in [6.45, 7) is 3.57. The van der Waals surface area contributed by atoms with Crippen LogP contribution in [0.1, 0.15) is 38.5 Å². The molecule has 0 aromatic heterocycles. The number of hydrogen-bond donors (Lipinski definition) is 1. The predicted octanol–water partition coefficient (Wildman–Crippen LogP) is 1.60. The lowest BCUT2D eigenvalue weighted by Crippen LogP contribution is -2.47. The van der Waals surface area contributed by atoms with Crippen molar-refractivity contribution in [2.45, 2.75) is 44.6 Å². The normalized spacial score (nSPS) is 36.7. The maximum Gasteiger partial charge on any atom is 0.0136 e. The van der Waals surface area contributed by atoms with Gasteiger partial charge < -0.3 is 10.6 Å². The molecule has 2 rings (SSSR count). The van der Waals surface area contributed by atoms with Gasteiger partial charge in [0.05, 0.1) is 0 Å². The zero-order valence-corrected chi connectivity index (χ0v) is 8.54. The van der Waals surface area contributed by atoms with Crippen molar-refractivity contribution in [3.63, 3.8) is 0 Å². The van der Waals surface area contributed by atoms with E-state index in [0.717, 1.165) is 18.5 Å². The molecule has 1 unspecified atom stereocenters. The minimum Gasteiger partial charge on any atom is -0.330 e. The van der Waals surface area contributed by atoms with E-state index in [1.54, 1.807) is 0 Å². The van der Waals surface area contributed by atoms with Crippen LogP contribution < -0.4 is 5.73 Å². The summed E-state index contributed by atoms with van der Waals surface area (Å²) in [7, 11) is 0. The second kappa shape index (κ2) is 4.43. The first-order chi connectivity index (χ1) is 6.42. The zero-order chi connectivity index (χ0) is 9.10. The lowest BCUT2D eigenvalue weighted by atomic mass is 9.87. The summed E-state index contributed by atoms with van der Waals surface area (Å²) < 4.78 is 0. The lowest BCUT2D eigenvalue weighted by molar-refractivity contribution is 0.0986. The van der Waals surface area contributed by atoms with Gasteiger partial charge >= 0.3 is 0 Å². The standard InChI is InChI=1S/C11H22N2/c12-9-10-5-4-8-13-7-3-1-2-6-11(10)13/h10-11H,1-9,12H2/t10?,11-/m1/s1. The van der Waals surface area contributed by atoms with Gasteiger partial charge in [-0.2, -0.15) is 0 Å². The number of hydrogen-bond acceptors (Lipinski definition) is 2. The minimum absolute atomic E-state index is 0.798. The van der Waals surface area contributed by atoms with Gasteiger partial charge in [-0.3, -0.25) is 0 Å². The number of piperidine rings is 1. The second-order valence-electron chi connectivity index (χ2n) is 4.59. The highest BCUT2D eigenvalue weighted by Gasteiger charge is 2.30. The van der Waals surface area contributed by atoms with E-state index in [2.05, 4.69) is 4.90 Å². The Morgan fingerprint density at radius 3 is 2.69 bits per heavy atom. The molecule has 0 bridgehead atoms. The summed E-state index contributed by atoms with van der Waals surface area (Å²) in [6.07, 6.45) is 8.42. The van der Waals surface area contributed by atoms with Crippen molar-refractivity contribution in [1.82, 2.24) is 4.90 Å². The number of nitrogens with zero attached hydrogens (tertiary/aromatic N) is 1. The van der Waals surface area contributed by atoms with Gasteiger partial charge in [-0.1, -0.05) is 12.8 Å². The van der Waals surface area contributed by atoms with Crippen molar-refractivity contribution < 1.29 is 0 Å². The fourth-order valence-electron chi connectivity index (χ4n) is 3.03. The number of fused-ring (bicyclic) bond motifs is 1. The summed E-state index contributed by atoms with van der Waals surface area (Å²) in [4.78, 5) is 2.70. The molecule has 2 atom stereocenters. The highest BCUT2D eigenvalue weighted by atomic mass is 15.2. The molecule has 2 heteroatoms. The van der Waals surface area contributed by atoms with E-state index in [0.29, 0.717) is 0 Å². The lowest BCUT2D eigenvalue weighted by Gasteiger charge is -2.40. The van der Waals surface area contributed by atoms with Gasteiger partial charge in [0.15, 0.2) is 0 Å². The third-order valence-corrected chi connectivity index (χ3v) is 3.78. The maximum atomic E-state index is 5.83. The topological polar surface area (TPSA) is 29.3 Å². The molecule has 0 saturated carbocycles. The molecule has 2 aliphatic rings. The molecule has 0 amide bonds. The molecular formula is C11H22N2. The molecule has 2 aliphatic heterocycles. The van der Waals surface area contributed by atoms with E-state index in [9.17, 15) is 0 Å². The van der Waals surface area contributed by atoms with Crippen LogP contribution in [-0.4, -0.2) is 30.6 Å². The molecule has 2 N–H and O–H groups in total. The minimum atomic E-state index is 0.798. The molecule has 0 spiro atoms. The van der Waals surface area contributed by atoms with E-state index >= 15 is 0 Å². The van der Waals surface area contributed by atoms with Crippen LogP contribution in [-0.2, 0) is 0 Å². The fraction of sp³-hybridized carbons (Fsp3) is 1.00. The van der Waals surface area contributed by atoms with Crippen molar-refractivity contribution in [3.8, 4) is 0 Å². The zero-order valence-electron chi connectivity index (χ0n) is 8.54. The summed E-state index contributed by atoms with van der Waals surface area (Å²) in [6, 6.07) is 0.834. The Bertz CT molecular complexity index is 158. The molecule has 2 nitrogen and oxygen atoms in total. The van der Waals surface area contributed by atoms with E-state index in [1.165, 1.54) is 51.6 Å². The Kier molecular flexibility index (Phi) is 3.23. The molecule has 2 saturated heterocycles. The third-order valence-electron chi connectivity index (χ3n) is 3.78. The van der Waals surface area contributed by atoms with Crippen LogP contribution in [0.5, 0.6) is 0 Å². The Morgan fingerprint density at radius 1 is 1.00 bits per heavy atom. The van der Waals surface area contributed by atoms with Crippen LogP contribution in [0.3, 0.4) is 0 Å². The molecule has 2 heterocycles. The molecule has 13 heavy (non-hydrogen) atoms. The molecule has 2 fully saturated rings. The molecule has 0 aliphatic carbocycles. The number of rotatable bonds is 1. The first-order valence-corrected chi connectivity index (χ1v) is 5.86. The van der Waals surface area contributed by atoms with Gasteiger partial charge in [0.2, 0.25) is 0 Å². The summed E-state index contributed by atoms with van der Waals surface area (Å²) in [5.74, 6) is 0.798.